The number of amides is 2. The van der Waals surface area contributed by atoms with E-state index in [0.29, 0.717) is 32.2 Å². The Morgan fingerprint density at radius 2 is 1.92 bits per heavy atom. The summed E-state index contributed by atoms with van der Waals surface area (Å²) in [6.45, 7) is 17.5. The van der Waals surface area contributed by atoms with E-state index in [9.17, 15) is 19.5 Å². The van der Waals surface area contributed by atoms with Gasteiger partial charge in [-0.2, -0.15) is 0 Å². The SMILES string of the molecule is C=CCCCCOC(=O)[C@@H]1[C@H]2C(=O)N([C@@H](CO)C(C)C)C(C(=O)N(CC=C)C(C)C)C23CC[C@@]1(CC)O3. The van der Waals surface area contributed by atoms with E-state index >= 15 is 0 Å². The van der Waals surface area contributed by atoms with Gasteiger partial charge < -0.3 is 24.4 Å². The summed E-state index contributed by atoms with van der Waals surface area (Å²) >= 11 is 0. The molecule has 3 rings (SSSR count). The van der Waals surface area contributed by atoms with Crippen LogP contribution in [-0.2, 0) is 23.9 Å². The molecule has 0 radical (unpaired) electrons. The van der Waals surface area contributed by atoms with Crippen molar-refractivity contribution < 1.29 is 29.0 Å². The van der Waals surface area contributed by atoms with Crippen LogP contribution in [0.25, 0.3) is 0 Å². The Bertz CT molecular complexity index is 888. The standard InChI is InChI=1S/C29H46N2O6/c1-8-11-12-13-17-36-27(35)23-22-25(33)31(21(18-32)19(4)5)24(26(34)30(16-9-2)20(6)7)29(22)15-14-28(23,10-3)37-29/h8-9,19-24,32H,1-2,10-18H2,3-7H3/t21-,22-,23-,24?,28+,29?/m0/s1. The van der Waals surface area contributed by atoms with Crippen molar-refractivity contribution in [1.29, 1.82) is 0 Å². The zero-order valence-electron chi connectivity index (χ0n) is 23.3. The molecule has 2 amide bonds. The summed E-state index contributed by atoms with van der Waals surface area (Å²) in [6.07, 6.45) is 7.57. The highest BCUT2D eigenvalue weighted by molar-refractivity contribution is 5.99. The van der Waals surface area contributed by atoms with E-state index in [2.05, 4.69) is 13.2 Å². The smallest absolute Gasteiger partial charge is 0.312 e. The first-order valence-corrected chi connectivity index (χ1v) is 13.9. The van der Waals surface area contributed by atoms with Gasteiger partial charge in [-0.25, -0.2) is 0 Å². The van der Waals surface area contributed by atoms with Gasteiger partial charge >= 0.3 is 5.97 Å². The zero-order valence-corrected chi connectivity index (χ0v) is 23.3. The number of hydrogen-bond donors (Lipinski definition) is 1. The molecule has 3 aliphatic heterocycles. The van der Waals surface area contributed by atoms with Crippen molar-refractivity contribution >= 4 is 17.8 Å². The maximum absolute atomic E-state index is 14.3. The number of nitrogens with zero attached hydrogens (tertiary/aromatic N) is 2. The maximum atomic E-state index is 14.3. The number of carbonyl (C=O) groups excluding carboxylic acids is 3. The van der Waals surface area contributed by atoms with Gasteiger partial charge in [0.2, 0.25) is 11.8 Å². The Morgan fingerprint density at radius 3 is 2.46 bits per heavy atom. The first-order chi connectivity index (χ1) is 17.6. The van der Waals surface area contributed by atoms with Crippen molar-refractivity contribution in [1.82, 2.24) is 9.80 Å². The lowest BCUT2D eigenvalue weighted by molar-refractivity contribution is -0.164. The van der Waals surface area contributed by atoms with Gasteiger partial charge in [0.05, 0.1) is 30.8 Å². The number of allylic oxidation sites excluding steroid dienone is 1. The van der Waals surface area contributed by atoms with Crippen molar-refractivity contribution in [3.05, 3.63) is 25.3 Å². The van der Waals surface area contributed by atoms with Crippen LogP contribution >= 0.6 is 0 Å². The Balaban J connectivity index is 2.06. The van der Waals surface area contributed by atoms with Gasteiger partial charge in [-0.1, -0.05) is 32.9 Å². The summed E-state index contributed by atoms with van der Waals surface area (Å²) in [5.41, 5.74) is -1.97. The normalized spacial score (nSPS) is 31.1. The number of unbranched alkanes of at least 4 members (excludes halogenated alkanes) is 2. The fraction of sp³-hybridized carbons (Fsp3) is 0.759. The minimum absolute atomic E-state index is 0.0982. The second kappa shape index (κ2) is 11.7. The van der Waals surface area contributed by atoms with Crippen molar-refractivity contribution in [2.45, 2.75) is 102 Å². The van der Waals surface area contributed by atoms with E-state index in [1.165, 1.54) is 0 Å². The first kappa shape index (κ1) is 29.4. The van der Waals surface area contributed by atoms with E-state index < -0.39 is 41.1 Å². The van der Waals surface area contributed by atoms with Crippen LogP contribution in [0.5, 0.6) is 0 Å². The third-order valence-electron chi connectivity index (χ3n) is 8.70. The average molecular weight is 519 g/mol. The van der Waals surface area contributed by atoms with Gasteiger partial charge in [-0.3, -0.25) is 14.4 Å². The predicted octanol–water partition coefficient (Wildman–Crippen LogP) is 3.48. The van der Waals surface area contributed by atoms with Crippen LogP contribution in [0.3, 0.4) is 0 Å². The van der Waals surface area contributed by atoms with Crippen molar-refractivity contribution in [2.24, 2.45) is 17.8 Å². The van der Waals surface area contributed by atoms with Crippen LogP contribution in [0, 0.1) is 17.8 Å². The Kier molecular flexibility index (Phi) is 9.27. The second-order valence-corrected chi connectivity index (χ2v) is 11.4. The number of hydrogen-bond acceptors (Lipinski definition) is 6. The fourth-order valence-corrected chi connectivity index (χ4v) is 6.78. The van der Waals surface area contributed by atoms with Gasteiger partial charge in [0.1, 0.15) is 17.6 Å². The van der Waals surface area contributed by atoms with E-state index in [1.807, 2.05) is 40.7 Å². The second-order valence-electron chi connectivity index (χ2n) is 11.4. The molecule has 0 aromatic heterocycles. The molecular formula is C29H46N2O6. The number of rotatable bonds is 14. The summed E-state index contributed by atoms with van der Waals surface area (Å²) in [5, 5.41) is 10.3. The van der Waals surface area contributed by atoms with Gasteiger partial charge in [0, 0.05) is 12.6 Å². The minimum atomic E-state index is -1.13. The number of aliphatic hydroxyl groups excluding tert-OH is 1. The van der Waals surface area contributed by atoms with Crippen LogP contribution in [0.2, 0.25) is 0 Å². The summed E-state index contributed by atoms with van der Waals surface area (Å²) in [5.74, 6) is -2.64. The molecule has 2 unspecified atom stereocenters. The molecule has 2 bridgehead atoms. The molecule has 0 aliphatic carbocycles. The molecule has 6 atom stereocenters. The molecule has 3 aliphatic rings. The summed E-state index contributed by atoms with van der Waals surface area (Å²) < 4.78 is 12.5. The topological polar surface area (TPSA) is 96.4 Å². The van der Waals surface area contributed by atoms with E-state index in [4.69, 9.17) is 9.47 Å². The molecule has 1 N–H and O–H groups in total. The van der Waals surface area contributed by atoms with Crippen LogP contribution in [0.15, 0.2) is 25.3 Å². The average Bonchev–Trinajstić information content (AvgIpc) is 3.46. The van der Waals surface area contributed by atoms with Gasteiger partial charge in [0.15, 0.2) is 0 Å². The molecule has 37 heavy (non-hydrogen) atoms. The lowest BCUT2D eigenvalue weighted by Crippen LogP contribution is -2.60. The number of carbonyl (C=O) groups is 3. The predicted molar refractivity (Wildman–Crippen MR) is 141 cm³/mol. The molecular weight excluding hydrogens is 472 g/mol. The van der Waals surface area contributed by atoms with Crippen molar-refractivity contribution in [3.63, 3.8) is 0 Å². The van der Waals surface area contributed by atoms with E-state index in [0.717, 1.165) is 12.8 Å². The molecule has 8 heteroatoms. The maximum Gasteiger partial charge on any atom is 0.312 e. The summed E-state index contributed by atoms with van der Waals surface area (Å²) in [4.78, 5) is 45.3. The molecule has 0 aromatic carbocycles. The summed E-state index contributed by atoms with van der Waals surface area (Å²) in [6, 6.07) is -1.62. The van der Waals surface area contributed by atoms with Gasteiger partial charge in [-0.15, -0.1) is 13.2 Å². The largest absolute Gasteiger partial charge is 0.465 e. The Hall–Kier alpha value is -2.19. The fourth-order valence-electron chi connectivity index (χ4n) is 6.78. The van der Waals surface area contributed by atoms with E-state index in [-0.39, 0.29) is 37.0 Å². The molecule has 0 saturated carbocycles. The molecule has 1 spiro atoms. The monoisotopic (exact) mass is 518 g/mol. The molecule has 208 valence electrons. The molecule has 3 fully saturated rings. The minimum Gasteiger partial charge on any atom is -0.465 e. The Morgan fingerprint density at radius 1 is 1.22 bits per heavy atom. The highest BCUT2D eigenvalue weighted by Gasteiger charge is 2.79. The van der Waals surface area contributed by atoms with Crippen molar-refractivity contribution in [3.8, 4) is 0 Å². The Labute approximate surface area is 222 Å². The molecule has 3 heterocycles. The third kappa shape index (κ3) is 4.87. The lowest BCUT2D eigenvalue weighted by Gasteiger charge is -2.41. The lowest BCUT2D eigenvalue weighted by atomic mass is 9.65. The highest BCUT2D eigenvalue weighted by Crippen LogP contribution is 2.65. The quantitative estimate of drug-likeness (QED) is 0.215. The van der Waals surface area contributed by atoms with Crippen LogP contribution < -0.4 is 0 Å². The van der Waals surface area contributed by atoms with E-state index in [1.54, 1.807) is 15.9 Å². The summed E-state index contributed by atoms with van der Waals surface area (Å²) in [7, 11) is 0. The molecule has 3 saturated heterocycles. The number of likely N-dealkylation sites (tertiary alicyclic amines) is 1. The zero-order chi connectivity index (χ0) is 27.5. The number of ether oxygens (including phenoxy) is 2. The highest BCUT2D eigenvalue weighted by atomic mass is 16.6. The molecule has 0 aromatic rings. The van der Waals surface area contributed by atoms with Crippen LogP contribution in [0.4, 0.5) is 0 Å². The first-order valence-electron chi connectivity index (χ1n) is 13.9. The van der Waals surface area contributed by atoms with Gasteiger partial charge in [-0.05, 0) is 58.3 Å². The number of aliphatic hydroxyl groups is 1. The number of esters is 1. The number of fused-ring (bicyclic) bond motifs is 1. The van der Waals surface area contributed by atoms with Crippen LogP contribution in [-0.4, -0.2) is 81.8 Å². The van der Waals surface area contributed by atoms with Crippen LogP contribution in [0.1, 0.15) is 73.1 Å². The van der Waals surface area contributed by atoms with Gasteiger partial charge in [0.25, 0.3) is 0 Å². The van der Waals surface area contributed by atoms with Crippen molar-refractivity contribution in [2.75, 3.05) is 19.8 Å². The third-order valence-corrected chi connectivity index (χ3v) is 8.70. The molecule has 8 nitrogen and oxygen atoms in total.